The molecule has 14 heavy (non-hydrogen) atoms. The van der Waals surface area contributed by atoms with Crippen molar-refractivity contribution in [1.29, 1.82) is 0 Å². The average Bonchev–Trinajstić information content (AvgIpc) is 3.02. The first-order valence-electron chi connectivity index (χ1n) is 6.15. The van der Waals surface area contributed by atoms with E-state index >= 15 is 0 Å². The predicted octanol–water partition coefficient (Wildman–Crippen LogP) is 1.93. The first-order chi connectivity index (χ1) is 6.79. The van der Waals surface area contributed by atoms with Gasteiger partial charge in [-0.3, -0.25) is 0 Å². The van der Waals surface area contributed by atoms with Crippen LogP contribution in [0.2, 0.25) is 0 Å². The molecule has 2 heteroatoms. The van der Waals surface area contributed by atoms with Crippen molar-refractivity contribution in [3.63, 3.8) is 0 Å². The average molecular weight is 197 g/mol. The minimum Gasteiger partial charge on any atom is -0.394 e. The molecule has 2 fully saturated rings. The summed E-state index contributed by atoms with van der Waals surface area (Å²) in [6.45, 7) is 3.44. The standard InChI is InChI=1S/C12H23NO/c1-2-13-12(9-14)7-3-4-11(8-12)10-5-6-10/h10-11,13-14H,2-9H2,1H3. The second-order valence-corrected chi connectivity index (χ2v) is 5.16. The molecule has 2 N–H and O–H groups in total. The maximum Gasteiger partial charge on any atom is 0.0613 e. The Labute approximate surface area is 87.1 Å². The van der Waals surface area contributed by atoms with E-state index in [4.69, 9.17) is 0 Å². The summed E-state index contributed by atoms with van der Waals surface area (Å²) < 4.78 is 0. The highest BCUT2D eigenvalue weighted by Gasteiger charge is 2.41. The van der Waals surface area contributed by atoms with Crippen LogP contribution in [0.5, 0.6) is 0 Å². The van der Waals surface area contributed by atoms with Crippen LogP contribution >= 0.6 is 0 Å². The number of aliphatic hydroxyl groups is 1. The lowest BCUT2D eigenvalue weighted by Crippen LogP contribution is -2.51. The van der Waals surface area contributed by atoms with E-state index in [-0.39, 0.29) is 5.54 Å². The van der Waals surface area contributed by atoms with Gasteiger partial charge in [-0.15, -0.1) is 0 Å². The second-order valence-electron chi connectivity index (χ2n) is 5.16. The SMILES string of the molecule is CCNC1(CO)CCCC(C2CC2)C1. The van der Waals surface area contributed by atoms with Crippen molar-refractivity contribution in [2.45, 2.75) is 51.0 Å². The molecule has 0 heterocycles. The fourth-order valence-electron chi connectivity index (χ4n) is 3.11. The summed E-state index contributed by atoms with van der Waals surface area (Å²) in [6.07, 6.45) is 7.96. The van der Waals surface area contributed by atoms with Gasteiger partial charge in [-0.2, -0.15) is 0 Å². The fourth-order valence-corrected chi connectivity index (χ4v) is 3.11. The van der Waals surface area contributed by atoms with Gasteiger partial charge in [-0.25, -0.2) is 0 Å². The van der Waals surface area contributed by atoms with Crippen LogP contribution in [0.4, 0.5) is 0 Å². The molecule has 2 saturated carbocycles. The molecule has 2 atom stereocenters. The van der Waals surface area contributed by atoms with Gasteiger partial charge in [0.25, 0.3) is 0 Å². The summed E-state index contributed by atoms with van der Waals surface area (Å²) in [6, 6.07) is 0. The van der Waals surface area contributed by atoms with Gasteiger partial charge in [0.15, 0.2) is 0 Å². The zero-order chi connectivity index (χ0) is 10.0. The lowest BCUT2D eigenvalue weighted by Gasteiger charge is -2.40. The molecule has 0 spiro atoms. The van der Waals surface area contributed by atoms with Crippen LogP contribution in [0, 0.1) is 11.8 Å². The van der Waals surface area contributed by atoms with Crippen LogP contribution < -0.4 is 5.32 Å². The summed E-state index contributed by atoms with van der Waals surface area (Å²) >= 11 is 0. The van der Waals surface area contributed by atoms with Gasteiger partial charge in [0.2, 0.25) is 0 Å². The number of aliphatic hydroxyl groups excluding tert-OH is 1. The third-order valence-corrected chi connectivity index (χ3v) is 4.03. The minimum absolute atomic E-state index is 0.0697. The van der Waals surface area contributed by atoms with Crippen LogP contribution in [0.3, 0.4) is 0 Å². The van der Waals surface area contributed by atoms with E-state index in [0.29, 0.717) is 6.61 Å². The van der Waals surface area contributed by atoms with Crippen LogP contribution in [0.25, 0.3) is 0 Å². The third kappa shape index (κ3) is 2.12. The highest BCUT2D eigenvalue weighted by Crippen LogP contribution is 2.46. The molecule has 0 aromatic rings. The Balaban J connectivity index is 1.95. The molecule has 0 saturated heterocycles. The first kappa shape index (κ1) is 10.4. The molecule has 2 aliphatic rings. The molecule has 82 valence electrons. The van der Waals surface area contributed by atoms with Gasteiger partial charge < -0.3 is 10.4 Å². The Bertz CT molecular complexity index is 187. The monoisotopic (exact) mass is 197 g/mol. The molecule has 2 nitrogen and oxygen atoms in total. The molecule has 2 aliphatic carbocycles. The van der Waals surface area contributed by atoms with E-state index in [2.05, 4.69) is 12.2 Å². The number of nitrogens with one attached hydrogen (secondary N) is 1. The van der Waals surface area contributed by atoms with Crippen molar-refractivity contribution in [2.75, 3.05) is 13.2 Å². The Morgan fingerprint density at radius 1 is 1.29 bits per heavy atom. The summed E-state index contributed by atoms with van der Waals surface area (Å²) in [5, 5.41) is 13.0. The van der Waals surface area contributed by atoms with Crippen molar-refractivity contribution in [2.24, 2.45) is 11.8 Å². The predicted molar refractivity (Wildman–Crippen MR) is 58.2 cm³/mol. The van der Waals surface area contributed by atoms with Gasteiger partial charge in [-0.05, 0) is 44.1 Å². The van der Waals surface area contributed by atoms with E-state index < -0.39 is 0 Å². The first-order valence-corrected chi connectivity index (χ1v) is 6.15. The molecule has 0 bridgehead atoms. The Morgan fingerprint density at radius 2 is 2.07 bits per heavy atom. The number of hydrogen-bond donors (Lipinski definition) is 2. The minimum atomic E-state index is 0.0697. The fraction of sp³-hybridized carbons (Fsp3) is 1.00. The van der Waals surface area contributed by atoms with E-state index in [0.717, 1.165) is 18.4 Å². The molecule has 0 radical (unpaired) electrons. The molecule has 2 rings (SSSR count). The lowest BCUT2D eigenvalue weighted by molar-refractivity contribution is 0.0906. The number of likely N-dealkylation sites (N-methyl/N-ethyl adjacent to an activating group) is 1. The molecular weight excluding hydrogens is 174 g/mol. The summed E-state index contributed by atoms with van der Waals surface area (Å²) in [5.41, 5.74) is 0.0697. The van der Waals surface area contributed by atoms with Gasteiger partial charge in [0, 0.05) is 5.54 Å². The van der Waals surface area contributed by atoms with Crippen LogP contribution in [-0.4, -0.2) is 23.8 Å². The van der Waals surface area contributed by atoms with Gasteiger partial charge >= 0.3 is 0 Å². The van der Waals surface area contributed by atoms with E-state index in [1.54, 1.807) is 0 Å². The van der Waals surface area contributed by atoms with Crippen molar-refractivity contribution >= 4 is 0 Å². The van der Waals surface area contributed by atoms with Crippen molar-refractivity contribution in [3.05, 3.63) is 0 Å². The summed E-state index contributed by atoms with van der Waals surface area (Å²) in [4.78, 5) is 0. The summed E-state index contributed by atoms with van der Waals surface area (Å²) in [5.74, 6) is 1.90. The highest BCUT2D eigenvalue weighted by atomic mass is 16.3. The quantitative estimate of drug-likeness (QED) is 0.722. The molecule has 0 aliphatic heterocycles. The van der Waals surface area contributed by atoms with Crippen LogP contribution in [0.1, 0.15) is 45.4 Å². The topological polar surface area (TPSA) is 32.3 Å². The lowest BCUT2D eigenvalue weighted by atomic mass is 9.74. The zero-order valence-electron chi connectivity index (χ0n) is 9.26. The third-order valence-electron chi connectivity index (χ3n) is 4.03. The van der Waals surface area contributed by atoms with Crippen LogP contribution in [0.15, 0.2) is 0 Å². The largest absolute Gasteiger partial charge is 0.394 e. The smallest absolute Gasteiger partial charge is 0.0613 e. The summed E-state index contributed by atoms with van der Waals surface area (Å²) in [7, 11) is 0. The number of hydrogen-bond acceptors (Lipinski definition) is 2. The molecular formula is C12H23NO. The number of rotatable bonds is 4. The van der Waals surface area contributed by atoms with E-state index in [1.807, 2.05) is 0 Å². The normalized spacial score (nSPS) is 38.6. The van der Waals surface area contributed by atoms with Crippen molar-refractivity contribution < 1.29 is 5.11 Å². The second kappa shape index (κ2) is 4.19. The van der Waals surface area contributed by atoms with Gasteiger partial charge in [-0.1, -0.05) is 19.8 Å². The highest BCUT2D eigenvalue weighted by molar-refractivity contribution is 4.97. The van der Waals surface area contributed by atoms with Gasteiger partial charge in [0.1, 0.15) is 0 Å². The van der Waals surface area contributed by atoms with Crippen LogP contribution in [-0.2, 0) is 0 Å². The van der Waals surface area contributed by atoms with E-state index in [9.17, 15) is 5.11 Å². The van der Waals surface area contributed by atoms with Crippen molar-refractivity contribution in [3.8, 4) is 0 Å². The molecule has 0 aromatic heterocycles. The van der Waals surface area contributed by atoms with E-state index in [1.165, 1.54) is 38.5 Å². The zero-order valence-corrected chi connectivity index (χ0v) is 9.26. The Morgan fingerprint density at radius 3 is 2.64 bits per heavy atom. The molecule has 0 amide bonds. The van der Waals surface area contributed by atoms with Crippen molar-refractivity contribution in [1.82, 2.24) is 5.32 Å². The Hall–Kier alpha value is -0.0800. The molecule has 2 unspecified atom stereocenters. The molecule has 0 aromatic carbocycles. The Kier molecular flexibility index (Phi) is 3.13. The maximum absolute atomic E-state index is 9.53. The van der Waals surface area contributed by atoms with Gasteiger partial charge in [0.05, 0.1) is 6.61 Å². The maximum atomic E-state index is 9.53.